The number of hydrogen-bond donors (Lipinski definition) is 1. The fourth-order valence-electron chi connectivity index (χ4n) is 2.31. The molecule has 0 aliphatic rings. The van der Waals surface area contributed by atoms with E-state index in [1.807, 2.05) is 20.8 Å². The lowest BCUT2D eigenvalue weighted by Crippen LogP contribution is -2.29. The van der Waals surface area contributed by atoms with Gasteiger partial charge in [-0.2, -0.15) is 5.10 Å². The van der Waals surface area contributed by atoms with Crippen molar-refractivity contribution in [3.05, 3.63) is 57.0 Å². The Morgan fingerprint density at radius 2 is 2.11 bits per heavy atom. The first kappa shape index (κ1) is 21.5. The molecule has 8 heteroatoms. The molecule has 0 bridgehead atoms. The Balaban J connectivity index is 2.17. The smallest absolute Gasteiger partial charge is 0.276 e. The minimum atomic E-state index is -0.592. The van der Waals surface area contributed by atoms with Crippen molar-refractivity contribution < 1.29 is 14.3 Å². The topological polar surface area (TPSA) is 81.9 Å². The molecule has 28 heavy (non-hydrogen) atoms. The molecule has 1 aromatic heterocycles. The van der Waals surface area contributed by atoms with Crippen molar-refractivity contribution in [3.63, 3.8) is 0 Å². The predicted molar refractivity (Wildman–Crippen MR) is 110 cm³/mol. The Morgan fingerprint density at radius 1 is 1.36 bits per heavy atom. The van der Waals surface area contributed by atoms with Crippen LogP contribution in [0.2, 0.25) is 5.02 Å². The lowest BCUT2D eigenvalue weighted by Gasteiger charge is -2.15. The Labute approximate surface area is 168 Å². The highest BCUT2D eigenvalue weighted by Crippen LogP contribution is 2.36. The Morgan fingerprint density at radius 3 is 2.79 bits per heavy atom. The van der Waals surface area contributed by atoms with Crippen molar-refractivity contribution in [1.29, 1.82) is 0 Å². The molecule has 0 saturated heterocycles. The second kappa shape index (κ2) is 9.94. The van der Waals surface area contributed by atoms with E-state index in [4.69, 9.17) is 21.1 Å². The van der Waals surface area contributed by atoms with Gasteiger partial charge in [0.25, 0.3) is 11.5 Å². The number of carbonyl (C=O) groups is 1. The number of nitrogens with one attached hydrogen (secondary N) is 1. The van der Waals surface area contributed by atoms with Gasteiger partial charge in [-0.05, 0) is 42.7 Å². The van der Waals surface area contributed by atoms with Crippen LogP contribution in [0.1, 0.15) is 36.7 Å². The minimum absolute atomic E-state index is 0.00706. The monoisotopic (exact) mass is 405 g/mol. The molecule has 1 N–H and O–H groups in total. The quantitative estimate of drug-likeness (QED) is 0.540. The van der Waals surface area contributed by atoms with Crippen molar-refractivity contribution in [2.75, 3.05) is 13.2 Å². The van der Waals surface area contributed by atoms with Gasteiger partial charge in [0.1, 0.15) is 5.56 Å². The van der Waals surface area contributed by atoms with E-state index in [2.05, 4.69) is 10.5 Å². The molecule has 1 amide bonds. The summed E-state index contributed by atoms with van der Waals surface area (Å²) in [5.41, 5.74) is 2.57. The van der Waals surface area contributed by atoms with E-state index in [1.54, 1.807) is 31.4 Å². The lowest BCUT2D eigenvalue weighted by molar-refractivity contribution is 0.0953. The highest BCUT2D eigenvalue weighted by Gasteiger charge is 2.13. The summed E-state index contributed by atoms with van der Waals surface area (Å²) >= 11 is 6.33. The van der Waals surface area contributed by atoms with Gasteiger partial charge in [0.15, 0.2) is 11.5 Å². The summed E-state index contributed by atoms with van der Waals surface area (Å²) in [6, 6.07) is 6.45. The highest BCUT2D eigenvalue weighted by atomic mass is 35.5. The standard InChI is InChI=1S/C20H24ClN3O4/c1-5-27-17-10-14(9-16(21)18(17)28-12-13(2)3)11-22-23-19(25)15-7-6-8-24(4)20(15)26/h6-11,13H,5,12H2,1-4H3,(H,23,25)/b22-11-. The first-order valence-corrected chi connectivity index (χ1v) is 9.29. The number of halogens is 1. The third-order valence-electron chi connectivity index (χ3n) is 3.64. The van der Waals surface area contributed by atoms with Gasteiger partial charge in [-0.25, -0.2) is 5.43 Å². The molecule has 0 radical (unpaired) electrons. The number of hydrogen-bond acceptors (Lipinski definition) is 5. The van der Waals surface area contributed by atoms with Crippen LogP contribution < -0.4 is 20.5 Å². The normalized spacial score (nSPS) is 11.1. The first-order valence-electron chi connectivity index (χ1n) is 8.91. The SMILES string of the molecule is CCOc1cc(/C=N\NC(=O)c2cccn(C)c2=O)cc(Cl)c1OCC(C)C. The zero-order chi connectivity index (χ0) is 20.7. The number of benzene rings is 1. The number of pyridine rings is 1. The third-order valence-corrected chi connectivity index (χ3v) is 3.92. The average Bonchev–Trinajstić information content (AvgIpc) is 2.63. The molecule has 0 saturated carbocycles. The number of carbonyl (C=O) groups excluding carboxylic acids is 1. The molecule has 0 aliphatic heterocycles. The van der Waals surface area contributed by atoms with E-state index in [0.717, 1.165) is 0 Å². The fraction of sp³-hybridized carbons (Fsp3) is 0.350. The zero-order valence-corrected chi connectivity index (χ0v) is 17.1. The van der Waals surface area contributed by atoms with Gasteiger partial charge in [0.2, 0.25) is 0 Å². The Hall–Kier alpha value is -2.80. The van der Waals surface area contributed by atoms with Gasteiger partial charge in [-0.15, -0.1) is 0 Å². The lowest BCUT2D eigenvalue weighted by atomic mass is 10.2. The Bertz CT molecular complexity index is 922. The molecule has 0 atom stereocenters. The first-order chi connectivity index (χ1) is 13.3. The van der Waals surface area contributed by atoms with E-state index >= 15 is 0 Å². The van der Waals surface area contributed by atoms with Crippen LogP contribution in [-0.2, 0) is 7.05 Å². The molecule has 1 heterocycles. The van der Waals surface area contributed by atoms with Crippen LogP contribution in [0.15, 0.2) is 40.4 Å². The summed E-state index contributed by atoms with van der Waals surface area (Å²) in [7, 11) is 1.57. The van der Waals surface area contributed by atoms with Gasteiger partial charge in [-0.3, -0.25) is 9.59 Å². The summed E-state index contributed by atoms with van der Waals surface area (Å²) in [5, 5.41) is 4.29. The van der Waals surface area contributed by atoms with Gasteiger partial charge < -0.3 is 14.0 Å². The molecule has 0 unspecified atom stereocenters. The fourth-order valence-corrected chi connectivity index (χ4v) is 2.58. The molecular weight excluding hydrogens is 382 g/mol. The van der Waals surface area contributed by atoms with Crippen molar-refractivity contribution in [2.45, 2.75) is 20.8 Å². The zero-order valence-electron chi connectivity index (χ0n) is 16.4. The van der Waals surface area contributed by atoms with E-state index in [9.17, 15) is 9.59 Å². The molecule has 0 aliphatic carbocycles. The van der Waals surface area contributed by atoms with Crippen LogP contribution >= 0.6 is 11.6 Å². The van der Waals surface area contributed by atoms with E-state index in [-0.39, 0.29) is 5.56 Å². The van der Waals surface area contributed by atoms with Crippen molar-refractivity contribution >= 4 is 23.7 Å². The van der Waals surface area contributed by atoms with Gasteiger partial charge in [0, 0.05) is 13.2 Å². The van der Waals surface area contributed by atoms with Crippen LogP contribution in [0.25, 0.3) is 0 Å². The maximum atomic E-state index is 12.1. The summed E-state index contributed by atoms with van der Waals surface area (Å²) in [6.07, 6.45) is 2.99. The second-order valence-electron chi connectivity index (χ2n) is 6.50. The van der Waals surface area contributed by atoms with Crippen molar-refractivity contribution in [3.8, 4) is 11.5 Å². The molecule has 2 rings (SSSR count). The van der Waals surface area contributed by atoms with Crippen LogP contribution in [0.4, 0.5) is 0 Å². The predicted octanol–water partition coefficient (Wildman–Crippen LogP) is 3.24. The van der Waals surface area contributed by atoms with Crippen molar-refractivity contribution in [2.24, 2.45) is 18.1 Å². The highest BCUT2D eigenvalue weighted by molar-refractivity contribution is 6.32. The largest absolute Gasteiger partial charge is 0.490 e. The third kappa shape index (κ3) is 5.60. The van der Waals surface area contributed by atoms with Crippen LogP contribution in [0.5, 0.6) is 11.5 Å². The van der Waals surface area contributed by atoms with Gasteiger partial charge in [0.05, 0.1) is 24.5 Å². The number of amides is 1. The maximum absolute atomic E-state index is 12.1. The van der Waals surface area contributed by atoms with Gasteiger partial charge >= 0.3 is 0 Å². The summed E-state index contributed by atoms with van der Waals surface area (Å²) in [5.74, 6) is 0.727. The molecule has 0 fully saturated rings. The molecule has 7 nitrogen and oxygen atoms in total. The molecule has 1 aromatic carbocycles. The Kier molecular flexibility index (Phi) is 7.63. The van der Waals surface area contributed by atoms with Crippen LogP contribution in [0.3, 0.4) is 0 Å². The number of aromatic nitrogens is 1. The summed E-state index contributed by atoms with van der Waals surface area (Å²) < 4.78 is 12.7. The molecule has 150 valence electrons. The molecule has 2 aromatic rings. The summed E-state index contributed by atoms with van der Waals surface area (Å²) in [4.78, 5) is 24.1. The number of rotatable bonds is 8. The van der Waals surface area contributed by atoms with Crippen LogP contribution in [0, 0.1) is 5.92 Å². The number of aryl methyl sites for hydroxylation is 1. The maximum Gasteiger partial charge on any atom is 0.276 e. The van der Waals surface area contributed by atoms with E-state index in [0.29, 0.717) is 41.2 Å². The number of hydrazone groups is 1. The molecular formula is C20H24ClN3O4. The minimum Gasteiger partial charge on any atom is -0.490 e. The van der Waals surface area contributed by atoms with Crippen molar-refractivity contribution in [1.82, 2.24) is 9.99 Å². The van der Waals surface area contributed by atoms with Gasteiger partial charge in [-0.1, -0.05) is 25.4 Å². The van der Waals surface area contributed by atoms with Crippen LogP contribution in [-0.4, -0.2) is 29.9 Å². The average molecular weight is 406 g/mol. The summed E-state index contributed by atoms with van der Waals surface area (Å²) in [6.45, 7) is 6.90. The number of nitrogens with zero attached hydrogens (tertiary/aromatic N) is 2. The second-order valence-corrected chi connectivity index (χ2v) is 6.91. The van der Waals surface area contributed by atoms with E-state index < -0.39 is 11.5 Å². The van der Waals surface area contributed by atoms with E-state index in [1.165, 1.54) is 16.8 Å². The molecule has 0 spiro atoms. The number of ether oxygens (including phenoxy) is 2.